The zero-order chi connectivity index (χ0) is 16.2. The molecule has 0 aromatic heterocycles. The van der Waals surface area contributed by atoms with E-state index in [0.29, 0.717) is 0 Å². The van der Waals surface area contributed by atoms with Gasteiger partial charge in [-0.15, -0.1) is 0 Å². The fraction of sp³-hybridized carbons (Fsp3) is 0.526. The highest BCUT2D eigenvalue weighted by Gasteiger charge is 2.24. The minimum Gasteiger partial charge on any atom is -0.395 e. The van der Waals surface area contributed by atoms with Gasteiger partial charge in [-0.1, -0.05) is 24.3 Å². The van der Waals surface area contributed by atoms with Crippen LogP contribution in [0.15, 0.2) is 40.5 Å². The Bertz CT molecular complexity index is 613. The summed E-state index contributed by atoms with van der Waals surface area (Å²) in [7, 11) is 1.91. The molecule has 0 unspecified atom stereocenters. The minimum atomic E-state index is 0.253. The molecular weight excluding hydrogens is 286 g/mol. The van der Waals surface area contributed by atoms with E-state index in [-0.39, 0.29) is 6.61 Å². The van der Waals surface area contributed by atoms with Crippen molar-refractivity contribution >= 4 is 5.71 Å². The Morgan fingerprint density at radius 2 is 1.87 bits per heavy atom. The maximum absolute atomic E-state index is 9.08. The van der Waals surface area contributed by atoms with E-state index in [0.717, 1.165) is 45.6 Å². The Labute approximate surface area is 139 Å². The van der Waals surface area contributed by atoms with Crippen molar-refractivity contribution in [3.63, 3.8) is 0 Å². The number of allylic oxidation sites excluding steroid dienone is 2. The summed E-state index contributed by atoms with van der Waals surface area (Å²) in [6.07, 6.45) is 2.18. The van der Waals surface area contributed by atoms with Crippen LogP contribution in [0.25, 0.3) is 0 Å². The molecular formula is C19H27N3O. The zero-order valence-corrected chi connectivity index (χ0v) is 14.3. The van der Waals surface area contributed by atoms with E-state index in [2.05, 4.69) is 46.0 Å². The van der Waals surface area contributed by atoms with Gasteiger partial charge in [-0.05, 0) is 30.9 Å². The van der Waals surface area contributed by atoms with Gasteiger partial charge < -0.3 is 10.0 Å². The Hall–Kier alpha value is -1.65. The molecule has 0 saturated carbocycles. The first kappa shape index (κ1) is 16.2. The average molecular weight is 313 g/mol. The first-order valence-electron chi connectivity index (χ1n) is 8.58. The number of aliphatic imine (C=N–C) groups is 1. The highest BCUT2D eigenvalue weighted by Crippen LogP contribution is 2.29. The zero-order valence-electron chi connectivity index (χ0n) is 14.3. The van der Waals surface area contributed by atoms with Crippen molar-refractivity contribution in [2.24, 2.45) is 4.99 Å². The van der Waals surface area contributed by atoms with Crippen LogP contribution in [0.1, 0.15) is 24.5 Å². The summed E-state index contributed by atoms with van der Waals surface area (Å²) in [4.78, 5) is 9.44. The molecule has 1 fully saturated rings. The summed E-state index contributed by atoms with van der Waals surface area (Å²) >= 11 is 0. The van der Waals surface area contributed by atoms with Crippen molar-refractivity contribution in [2.75, 3.05) is 46.4 Å². The topological polar surface area (TPSA) is 39.1 Å². The van der Waals surface area contributed by atoms with Gasteiger partial charge in [-0.3, -0.25) is 9.89 Å². The lowest BCUT2D eigenvalue weighted by atomic mass is 9.85. The third-order valence-corrected chi connectivity index (χ3v) is 5.13. The SMILES string of the molecule is CN=C1/C(=C(\C)N2CCN(CCO)CC2)CCc2ccccc21. The molecule has 124 valence electrons. The van der Waals surface area contributed by atoms with Gasteiger partial charge in [0.05, 0.1) is 12.3 Å². The Kier molecular flexibility index (Phi) is 5.13. The van der Waals surface area contributed by atoms with Crippen LogP contribution in [0.3, 0.4) is 0 Å². The number of aryl methyl sites for hydroxylation is 1. The van der Waals surface area contributed by atoms with Crippen LogP contribution < -0.4 is 0 Å². The number of piperazine rings is 1. The largest absolute Gasteiger partial charge is 0.395 e. The quantitative estimate of drug-likeness (QED) is 0.927. The van der Waals surface area contributed by atoms with Gasteiger partial charge in [0.25, 0.3) is 0 Å². The second-order valence-electron chi connectivity index (χ2n) is 6.35. The fourth-order valence-electron chi connectivity index (χ4n) is 3.76. The van der Waals surface area contributed by atoms with Gasteiger partial charge in [-0.2, -0.15) is 0 Å². The number of β-amino-alcohol motifs (C(OH)–C–C–N with tert-alkyl or cyclic N) is 1. The van der Waals surface area contributed by atoms with Crippen molar-refractivity contribution in [2.45, 2.75) is 19.8 Å². The van der Waals surface area contributed by atoms with Crippen LogP contribution in [0.5, 0.6) is 0 Å². The Morgan fingerprint density at radius 3 is 2.57 bits per heavy atom. The second kappa shape index (κ2) is 7.28. The molecule has 0 radical (unpaired) electrons. The highest BCUT2D eigenvalue weighted by molar-refractivity contribution is 6.14. The number of aliphatic hydroxyl groups is 1. The molecule has 4 nitrogen and oxygen atoms in total. The highest BCUT2D eigenvalue weighted by atomic mass is 16.3. The standard InChI is InChI=1S/C19H27N3O/c1-15(22-11-9-21(10-12-22)13-14-23)17-8-7-16-5-3-4-6-18(16)19(17)20-2/h3-6,23H,7-14H2,1-2H3/b17-15+,20-19?. The van der Waals surface area contributed by atoms with Crippen LogP contribution in [0.2, 0.25) is 0 Å². The fourth-order valence-corrected chi connectivity index (χ4v) is 3.76. The monoisotopic (exact) mass is 313 g/mol. The van der Waals surface area contributed by atoms with E-state index < -0.39 is 0 Å². The first-order valence-corrected chi connectivity index (χ1v) is 8.58. The van der Waals surface area contributed by atoms with Crippen LogP contribution >= 0.6 is 0 Å². The smallest absolute Gasteiger partial charge is 0.0695 e. The van der Waals surface area contributed by atoms with Crippen molar-refractivity contribution in [1.82, 2.24) is 9.80 Å². The van der Waals surface area contributed by atoms with Gasteiger partial charge in [-0.25, -0.2) is 0 Å². The van der Waals surface area contributed by atoms with Gasteiger partial charge in [0, 0.05) is 51.0 Å². The van der Waals surface area contributed by atoms with E-state index in [4.69, 9.17) is 5.11 Å². The minimum absolute atomic E-state index is 0.253. The molecule has 0 spiro atoms. The first-order chi connectivity index (χ1) is 11.2. The number of benzene rings is 1. The van der Waals surface area contributed by atoms with Gasteiger partial charge in [0.2, 0.25) is 0 Å². The molecule has 23 heavy (non-hydrogen) atoms. The number of nitrogens with zero attached hydrogens (tertiary/aromatic N) is 3. The van der Waals surface area contributed by atoms with Crippen LogP contribution in [-0.4, -0.2) is 67.0 Å². The maximum Gasteiger partial charge on any atom is 0.0695 e. The summed E-state index contributed by atoms with van der Waals surface area (Å²) in [5.74, 6) is 0. The van der Waals surface area contributed by atoms with Crippen LogP contribution in [0.4, 0.5) is 0 Å². The summed E-state index contributed by atoms with van der Waals surface area (Å²) in [5.41, 5.74) is 6.67. The van der Waals surface area contributed by atoms with Crippen molar-refractivity contribution in [1.29, 1.82) is 0 Å². The average Bonchev–Trinajstić information content (AvgIpc) is 2.61. The molecule has 1 N–H and O–H groups in total. The van der Waals surface area contributed by atoms with Gasteiger partial charge >= 0.3 is 0 Å². The summed E-state index contributed by atoms with van der Waals surface area (Å²) in [6, 6.07) is 8.65. The van der Waals surface area contributed by atoms with Crippen LogP contribution in [-0.2, 0) is 6.42 Å². The third kappa shape index (κ3) is 3.33. The van der Waals surface area contributed by atoms with E-state index in [1.165, 1.54) is 28.1 Å². The molecule has 1 heterocycles. The predicted octanol–water partition coefficient (Wildman–Crippen LogP) is 1.94. The summed E-state index contributed by atoms with van der Waals surface area (Å²) < 4.78 is 0. The summed E-state index contributed by atoms with van der Waals surface area (Å²) in [5, 5.41) is 9.08. The van der Waals surface area contributed by atoms with E-state index >= 15 is 0 Å². The van der Waals surface area contributed by atoms with E-state index in [1.807, 2.05) is 7.05 Å². The van der Waals surface area contributed by atoms with E-state index in [1.54, 1.807) is 0 Å². The number of rotatable bonds is 3. The lowest BCUT2D eigenvalue weighted by molar-refractivity contribution is 0.131. The second-order valence-corrected chi connectivity index (χ2v) is 6.35. The number of fused-ring (bicyclic) bond motifs is 1. The molecule has 4 heteroatoms. The van der Waals surface area contributed by atoms with Crippen molar-refractivity contribution in [3.8, 4) is 0 Å². The Balaban J connectivity index is 1.81. The number of hydrogen-bond acceptors (Lipinski definition) is 4. The van der Waals surface area contributed by atoms with Gasteiger partial charge in [0.15, 0.2) is 0 Å². The number of hydrogen-bond donors (Lipinski definition) is 1. The molecule has 1 aliphatic heterocycles. The van der Waals surface area contributed by atoms with Crippen molar-refractivity contribution in [3.05, 3.63) is 46.7 Å². The summed E-state index contributed by atoms with van der Waals surface area (Å²) in [6.45, 7) is 7.42. The number of aliphatic hydroxyl groups excluding tert-OH is 1. The Morgan fingerprint density at radius 1 is 1.13 bits per heavy atom. The molecule has 0 atom stereocenters. The molecule has 1 aromatic rings. The van der Waals surface area contributed by atoms with Gasteiger partial charge in [0.1, 0.15) is 0 Å². The molecule has 2 aliphatic rings. The molecule has 1 aromatic carbocycles. The lowest BCUT2D eigenvalue weighted by Gasteiger charge is -2.38. The lowest BCUT2D eigenvalue weighted by Crippen LogP contribution is -2.46. The molecule has 1 aliphatic carbocycles. The molecule has 0 bridgehead atoms. The normalized spacial score (nSPS) is 23.1. The van der Waals surface area contributed by atoms with Crippen LogP contribution in [0, 0.1) is 0 Å². The van der Waals surface area contributed by atoms with E-state index in [9.17, 15) is 0 Å². The predicted molar refractivity (Wildman–Crippen MR) is 95.0 cm³/mol. The molecule has 3 rings (SSSR count). The third-order valence-electron chi connectivity index (χ3n) is 5.13. The maximum atomic E-state index is 9.08. The molecule has 1 saturated heterocycles. The molecule has 0 amide bonds. The van der Waals surface area contributed by atoms with Crippen molar-refractivity contribution < 1.29 is 5.11 Å².